The van der Waals surface area contributed by atoms with Gasteiger partial charge in [-0.2, -0.15) is 0 Å². The summed E-state index contributed by atoms with van der Waals surface area (Å²) in [6.45, 7) is 2.00. The average Bonchev–Trinajstić information content (AvgIpc) is 2.75. The molecule has 1 heterocycles. The van der Waals surface area contributed by atoms with E-state index < -0.39 is 0 Å². The summed E-state index contributed by atoms with van der Waals surface area (Å²) in [4.78, 5) is 11.9. The zero-order valence-corrected chi connectivity index (χ0v) is 10.9. The van der Waals surface area contributed by atoms with Gasteiger partial charge in [-0.3, -0.25) is 4.79 Å². The highest BCUT2D eigenvalue weighted by Gasteiger charge is 2.07. The number of carbonyl (C=O) groups excluding carboxylic acids is 1. The van der Waals surface area contributed by atoms with Crippen molar-refractivity contribution < 1.29 is 4.79 Å². The lowest BCUT2D eigenvalue weighted by Gasteiger charge is -2.03. The standard InChI is InChI=1S/C13H12ClNOS/c1-9-5-12(17-8-9)15-13(16)11-4-2-3-10(6-11)7-14/h2-6,8H,7H2,1H3,(H,15,16). The zero-order valence-electron chi connectivity index (χ0n) is 9.37. The molecule has 0 saturated carbocycles. The molecule has 1 N–H and O–H groups in total. The van der Waals surface area contributed by atoms with Crippen molar-refractivity contribution in [2.45, 2.75) is 12.8 Å². The Hall–Kier alpha value is -1.32. The van der Waals surface area contributed by atoms with Crippen molar-refractivity contribution in [1.82, 2.24) is 0 Å². The number of alkyl halides is 1. The summed E-state index contributed by atoms with van der Waals surface area (Å²) in [5.41, 5.74) is 2.73. The predicted octanol–water partition coefficient (Wildman–Crippen LogP) is 4.05. The van der Waals surface area contributed by atoms with Crippen molar-refractivity contribution in [2.24, 2.45) is 0 Å². The molecule has 4 heteroatoms. The van der Waals surface area contributed by atoms with Gasteiger partial charge in [-0.15, -0.1) is 22.9 Å². The van der Waals surface area contributed by atoms with Crippen molar-refractivity contribution in [2.75, 3.05) is 5.32 Å². The topological polar surface area (TPSA) is 29.1 Å². The Kier molecular flexibility index (Phi) is 3.82. The second-order valence-electron chi connectivity index (χ2n) is 3.78. The van der Waals surface area contributed by atoms with Crippen LogP contribution in [0.25, 0.3) is 0 Å². The molecule has 0 bridgehead atoms. The van der Waals surface area contributed by atoms with Crippen molar-refractivity contribution in [1.29, 1.82) is 0 Å². The molecule has 0 aliphatic rings. The maximum atomic E-state index is 11.9. The van der Waals surface area contributed by atoms with Crippen molar-refractivity contribution >= 4 is 33.8 Å². The van der Waals surface area contributed by atoms with Crippen LogP contribution in [0.5, 0.6) is 0 Å². The molecule has 0 saturated heterocycles. The molecule has 2 aromatic rings. The maximum absolute atomic E-state index is 11.9. The Morgan fingerprint density at radius 1 is 1.41 bits per heavy atom. The molecule has 88 valence electrons. The number of carbonyl (C=O) groups is 1. The summed E-state index contributed by atoms with van der Waals surface area (Å²) in [6.07, 6.45) is 0. The lowest BCUT2D eigenvalue weighted by Crippen LogP contribution is -2.10. The van der Waals surface area contributed by atoms with Gasteiger partial charge in [-0.1, -0.05) is 12.1 Å². The van der Waals surface area contributed by atoms with Crippen LogP contribution in [0.2, 0.25) is 0 Å². The van der Waals surface area contributed by atoms with Gasteiger partial charge in [-0.05, 0) is 41.6 Å². The monoisotopic (exact) mass is 265 g/mol. The fourth-order valence-electron chi connectivity index (χ4n) is 1.48. The van der Waals surface area contributed by atoms with Crippen LogP contribution < -0.4 is 5.32 Å². The Bertz CT molecular complexity index is 536. The highest BCUT2D eigenvalue weighted by molar-refractivity contribution is 7.14. The normalized spacial score (nSPS) is 10.2. The smallest absolute Gasteiger partial charge is 0.256 e. The van der Waals surface area contributed by atoms with E-state index in [1.54, 1.807) is 6.07 Å². The molecule has 0 fully saturated rings. The van der Waals surface area contributed by atoms with Crippen LogP contribution in [-0.4, -0.2) is 5.91 Å². The van der Waals surface area contributed by atoms with Crippen LogP contribution in [0.1, 0.15) is 21.5 Å². The number of anilines is 1. The maximum Gasteiger partial charge on any atom is 0.256 e. The van der Waals surface area contributed by atoms with Crippen LogP contribution in [0.4, 0.5) is 5.00 Å². The largest absolute Gasteiger partial charge is 0.314 e. The molecule has 0 aliphatic heterocycles. The van der Waals surface area contributed by atoms with Gasteiger partial charge in [-0.25, -0.2) is 0 Å². The van der Waals surface area contributed by atoms with Crippen LogP contribution in [0.3, 0.4) is 0 Å². The summed E-state index contributed by atoms with van der Waals surface area (Å²) < 4.78 is 0. The number of hydrogen-bond acceptors (Lipinski definition) is 2. The molecule has 2 nitrogen and oxygen atoms in total. The lowest BCUT2D eigenvalue weighted by atomic mass is 10.1. The summed E-state index contributed by atoms with van der Waals surface area (Å²) in [6, 6.07) is 9.29. The third kappa shape index (κ3) is 3.08. The summed E-state index contributed by atoms with van der Waals surface area (Å²) in [5, 5.41) is 5.74. The molecular weight excluding hydrogens is 254 g/mol. The molecule has 1 aromatic carbocycles. The second-order valence-corrected chi connectivity index (χ2v) is 4.95. The average molecular weight is 266 g/mol. The van der Waals surface area contributed by atoms with Gasteiger partial charge in [0, 0.05) is 11.4 Å². The molecule has 0 aliphatic carbocycles. The number of amides is 1. The van der Waals surface area contributed by atoms with E-state index in [9.17, 15) is 4.79 Å². The molecule has 0 atom stereocenters. The predicted molar refractivity (Wildman–Crippen MR) is 73.0 cm³/mol. The van der Waals surface area contributed by atoms with E-state index in [0.717, 1.165) is 16.1 Å². The fraction of sp³-hybridized carbons (Fsp3) is 0.154. The summed E-state index contributed by atoms with van der Waals surface area (Å²) in [7, 11) is 0. The molecule has 1 amide bonds. The first-order valence-electron chi connectivity index (χ1n) is 5.20. The van der Waals surface area contributed by atoms with Crippen LogP contribution >= 0.6 is 22.9 Å². The summed E-state index contributed by atoms with van der Waals surface area (Å²) >= 11 is 7.26. The van der Waals surface area contributed by atoms with E-state index in [0.29, 0.717) is 11.4 Å². The number of nitrogens with one attached hydrogen (secondary N) is 1. The van der Waals surface area contributed by atoms with E-state index in [2.05, 4.69) is 5.32 Å². The summed E-state index contributed by atoms with van der Waals surface area (Å²) in [5.74, 6) is 0.318. The highest BCUT2D eigenvalue weighted by atomic mass is 35.5. The minimum atomic E-state index is -0.0983. The van der Waals surface area contributed by atoms with Crippen LogP contribution in [-0.2, 0) is 5.88 Å². The van der Waals surface area contributed by atoms with E-state index in [-0.39, 0.29) is 5.91 Å². The Balaban J connectivity index is 2.14. The van der Waals surface area contributed by atoms with Gasteiger partial charge in [0.2, 0.25) is 0 Å². The first-order valence-corrected chi connectivity index (χ1v) is 6.62. The van der Waals surface area contributed by atoms with Crippen molar-refractivity contribution in [3.8, 4) is 0 Å². The van der Waals surface area contributed by atoms with Crippen LogP contribution in [0.15, 0.2) is 35.7 Å². The quantitative estimate of drug-likeness (QED) is 0.834. The number of benzene rings is 1. The highest BCUT2D eigenvalue weighted by Crippen LogP contribution is 2.20. The number of hydrogen-bond donors (Lipinski definition) is 1. The van der Waals surface area contributed by atoms with Crippen molar-refractivity contribution in [3.05, 3.63) is 52.4 Å². The third-order valence-electron chi connectivity index (χ3n) is 2.31. The molecule has 0 radical (unpaired) electrons. The molecule has 2 rings (SSSR count). The Labute approximate surface area is 109 Å². The van der Waals surface area contributed by atoms with E-state index >= 15 is 0 Å². The zero-order chi connectivity index (χ0) is 12.3. The Morgan fingerprint density at radius 2 is 2.24 bits per heavy atom. The van der Waals surface area contributed by atoms with E-state index in [1.807, 2.05) is 36.6 Å². The number of rotatable bonds is 3. The minimum Gasteiger partial charge on any atom is -0.314 e. The van der Waals surface area contributed by atoms with Crippen molar-refractivity contribution in [3.63, 3.8) is 0 Å². The van der Waals surface area contributed by atoms with Gasteiger partial charge in [0.25, 0.3) is 5.91 Å². The second kappa shape index (κ2) is 5.34. The number of thiophene rings is 1. The van der Waals surface area contributed by atoms with E-state index in [1.165, 1.54) is 11.3 Å². The fourth-order valence-corrected chi connectivity index (χ4v) is 2.43. The van der Waals surface area contributed by atoms with Gasteiger partial charge < -0.3 is 5.32 Å². The molecular formula is C13H12ClNOS. The molecule has 17 heavy (non-hydrogen) atoms. The van der Waals surface area contributed by atoms with Crippen LogP contribution in [0, 0.1) is 6.92 Å². The van der Waals surface area contributed by atoms with Gasteiger partial charge in [0.05, 0.1) is 5.00 Å². The number of halogens is 1. The first-order chi connectivity index (χ1) is 8.19. The first kappa shape index (κ1) is 12.1. The van der Waals surface area contributed by atoms with Gasteiger partial charge in [0.1, 0.15) is 0 Å². The Morgan fingerprint density at radius 3 is 2.88 bits per heavy atom. The molecule has 0 unspecified atom stereocenters. The number of aryl methyl sites for hydroxylation is 1. The van der Waals surface area contributed by atoms with Gasteiger partial charge in [0.15, 0.2) is 0 Å². The lowest BCUT2D eigenvalue weighted by molar-refractivity contribution is 0.102. The van der Waals surface area contributed by atoms with Gasteiger partial charge >= 0.3 is 0 Å². The minimum absolute atomic E-state index is 0.0983. The molecule has 0 spiro atoms. The van der Waals surface area contributed by atoms with E-state index in [4.69, 9.17) is 11.6 Å². The molecule has 1 aromatic heterocycles. The SMILES string of the molecule is Cc1csc(NC(=O)c2cccc(CCl)c2)c1. The third-order valence-corrected chi connectivity index (χ3v) is 3.58.